The van der Waals surface area contributed by atoms with Gasteiger partial charge in [-0.3, -0.25) is 4.79 Å². The van der Waals surface area contributed by atoms with Gasteiger partial charge in [0, 0.05) is 48.1 Å². The zero-order valence-electron chi connectivity index (χ0n) is 13.9. The SMILES string of the molecule is CCCCC(=O)N1CCc2[nH]c3ccc(C(C)C)cc3c2C1. The molecule has 0 unspecified atom stereocenters. The van der Waals surface area contributed by atoms with Crippen molar-refractivity contribution in [3.05, 3.63) is 35.0 Å². The molecule has 22 heavy (non-hydrogen) atoms. The summed E-state index contributed by atoms with van der Waals surface area (Å²) in [6.45, 7) is 8.19. The number of hydrogen-bond donors (Lipinski definition) is 1. The first-order valence-electron chi connectivity index (χ1n) is 8.51. The molecule has 0 spiro atoms. The summed E-state index contributed by atoms with van der Waals surface area (Å²) in [5.41, 5.74) is 5.21. The van der Waals surface area contributed by atoms with Crippen LogP contribution in [0.25, 0.3) is 10.9 Å². The molecular weight excluding hydrogens is 272 g/mol. The van der Waals surface area contributed by atoms with E-state index in [1.807, 2.05) is 4.90 Å². The molecule has 3 heteroatoms. The maximum atomic E-state index is 12.3. The maximum Gasteiger partial charge on any atom is 0.222 e. The second kappa shape index (κ2) is 6.15. The maximum absolute atomic E-state index is 12.3. The summed E-state index contributed by atoms with van der Waals surface area (Å²) in [5, 5.41) is 1.30. The van der Waals surface area contributed by atoms with Gasteiger partial charge in [0.2, 0.25) is 5.91 Å². The summed E-state index contributed by atoms with van der Waals surface area (Å²) in [6.07, 6.45) is 3.70. The molecule has 1 aliphatic heterocycles. The molecule has 1 amide bonds. The van der Waals surface area contributed by atoms with E-state index in [1.165, 1.54) is 27.7 Å². The van der Waals surface area contributed by atoms with Crippen LogP contribution in [0.15, 0.2) is 18.2 Å². The fourth-order valence-corrected chi connectivity index (χ4v) is 3.29. The Bertz CT molecular complexity index is 684. The number of aromatic amines is 1. The standard InChI is InChI=1S/C19H26N2O/c1-4-5-6-19(22)21-10-9-18-16(12-21)15-11-14(13(2)3)7-8-17(15)20-18/h7-8,11,13,20H,4-6,9-10,12H2,1-3H3. The normalized spacial score (nSPS) is 14.6. The van der Waals surface area contributed by atoms with Gasteiger partial charge in [-0.05, 0) is 30.0 Å². The Morgan fingerprint density at radius 2 is 2.18 bits per heavy atom. The molecule has 1 aromatic carbocycles. The Labute approximate surface area is 132 Å². The van der Waals surface area contributed by atoms with E-state index in [1.54, 1.807) is 0 Å². The zero-order chi connectivity index (χ0) is 15.7. The van der Waals surface area contributed by atoms with Gasteiger partial charge in [-0.2, -0.15) is 0 Å². The van der Waals surface area contributed by atoms with Gasteiger partial charge < -0.3 is 9.88 Å². The first-order chi connectivity index (χ1) is 10.6. The number of amides is 1. The van der Waals surface area contributed by atoms with Crippen molar-refractivity contribution >= 4 is 16.8 Å². The monoisotopic (exact) mass is 298 g/mol. The Morgan fingerprint density at radius 3 is 2.91 bits per heavy atom. The number of carbonyl (C=O) groups is 1. The van der Waals surface area contributed by atoms with E-state index in [9.17, 15) is 4.79 Å². The van der Waals surface area contributed by atoms with Gasteiger partial charge in [-0.25, -0.2) is 0 Å². The van der Waals surface area contributed by atoms with Crippen molar-refractivity contribution in [3.8, 4) is 0 Å². The summed E-state index contributed by atoms with van der Waals surface area (Å²) >= 11 is 0. The van der Waals surface area contributed by atoms with E-state index in [4.69, 9.17) is 0 Å². The van der Waals surface area contributed by atoms with Crippen molar-refractivity contribution < 1.29 is 4.79 Å². The predicted molar refractivity (Wildman–Crippen MR) is 91.0 cm³/mol. The number of rotatable bonds is 4. The number of H-pyrrole nitrogens is 1. The van der Waals surface area contributed by atoms with Crippen LogP contribution in [0, 0.1) is 0 Å². The van der Waals surface area contributed by atoms with Crippen LogP contribution in [-0.4, -0.2) is 22.3 Å². The van der Waals surface area contributed by atoms with Gasteiger partial charge in [0.05, 0.1) is 0 Å². The minimum Gasteiger partial charge on any atom is -0.358 e. The molecule has 1 aromatic heterocycles. The Balaban J connectivity index is 1.90. The molecular formula is C19H26N2O. The highest BCUT2D eigenvalue weighted by Gasteiger charge is 2.23. The third kappa shape index (κ3) is 2.77. The lowest BCUT2D eigenvalue weighted by Gasteiger charge is -2.27. The number of unbranched alkanes of at least 4 members (excludes halogenated alkanes) is 1. The molecule has 0 bridgehead atoms. The smallest absolute Gasteiger partial charge is 0.222 e. The van der Waals surface area contributed by atoms with Crippen molar-refractivity contribution in [2.24, 2.45) is 0 Å². The van der Waals surface area contributed by atoms with Crippen molar-refractivity contribution in [1.82, 2.24) is 9.88 Å². The summed E-state index contributed by atoms with van der Waals surface area (Å²) < 4.78 is 0. The van der Waals surface area contributed by atoms with Gasteiger partial charge in [0.25, 0.3) is 0 Å². The topological polar surface area (TPSA) is 36.1 Å². The number of nitrogens with zero attached hydrogens (tertiary/aromatic N) is 1. The minimum atomic E-state index is 0.307. The Morgan fingerprint density at radius 1 is 1.36 bits per heavy atom. The molecule has 0 saturated heterocycles. The van der Waals surface area contributed by atoms with Gasteiger partial charge in [-0.1, -0.05) is 33.3 Å². The molecule has 2 heterocycles. The second-order valence-electron chi connectivity index (χ2n) is 6.71. The highest BCUT2D eigenvalue weighted by Crippen LogP contribution is 2.30. The minimum absolute atomic E-state index is 0.307. The largest absolute Gasteiger partial charge is 0.358 e. The lowest BCUT2D eigenvalue weighted by Crippen LogP contribution is -2.35. The molecule has 0 saturated carbocycles. The van der Waals surface area contributed by atoms with Crippen LogP contribution in [0.2, 0.25) is 0 Å². The molecule has 118 valence electrons. The average Bonchev–Trinajstić information content (AvgIpc) is 2.89. The van der Waals surface area contributed by atoms with Crippen LogP contribution < -0.4 is 0 Å². The fourth-order valence-electron chi connectivity index (χ4n) is 3.29. The van der Waals surface area contributed by atoms with Crippen molar-refractivity contribution in [2.75, 3.05) is 6.54 Å². The number of fused-ring (bicyclic) bond motifs is 3. The molecule has 0 aliphatic carbocycles. The van der Waals surface area contributed by atoms with Crippen molar-refractivity contribution in [1.29, 1.82) is 0 Å². The van der Waals surface area contributed by atoms with Crippen LogP contribution in [0.4, 0.5) is 0 Å². The number of nitrogens with one attached hydrogen (secondary N) is 1. The molecule has 2 aromatic rings. The molecule has 1 aliphatic rings. The number of hydrogen-bond acceptors (Lipinski definition) is 1. The summed E-state index contributed by atoms with van der Waals surface area (Å²) in [6, 6.07) is 6.70. The third-order valence-corrected chi connectivity index (χ3v) is 4.76. The van der Waals surface area contributed by atoms with Crippen molar-refractivity contribution in [2.45, 2.75) is 58.9 Å². The number of carbonyl (C=O) groups excluding carboxylic acids is 1. The van der Waals surface area contributed by atoms with Gasteiger partial charge in [0.15, 0.2) is 0 Å². The highest BCUT2D eigenvalue weighted by molar-refractivity contribution is 5.86. The first kappa shape index (κ1) is 15.1. The van der Waals surface area contributed by atoms with Crippen LogP contribution in [-0.2, 0) is 17.8 Å². The number of aromatic nitrogens is 1. The third-order valence-electron chi connectivity index (χ3n) is 4.76. The Kier molecular flexibility index (Phi) is 4.23. The fraction of sp³-hybridized carbons (Fsp3) is 0.526. The molecule has 3 nitrogen and oxygen atoms in total. The van der Waals surface area contributed by atoms with Crippen LogP contribution in [0.1, 0.15) is 62.8 Å². The summed E-state index contributed by atoms with van der Waals surface area (Å²) in [7, 11) is 0. The Hall–Kier alpha value is -1.77. The molecule has 0 atom stereocenters. The van der Waals surface area contributed by atoms with Crippen LogP contribution in [0.3, 0.4) is 0 Å². The van der Waals surface area contributed by atoms with E-state index < -0.39 is 0 Å². The highest BCUT2D eigenvalue weighted by atomic mass is 16.2. The van der Waals surface area contributed by atoms with E-state index in [0.717, 1.165) is 32.4 Å². The van der Waals surface area contributed by atoms with Crippen molar-refractivity contribution in [3.63, 3.8) is 0 Å². The first-order valence-corrected chi connectivity index (χ1v) is 8.51. The predicted octanol–water partition coefficient (Wildman–Crippen LogP) is 4.37. The van der Waals surface area contributed by atoms with Gasteiger partial charge >= 0.3 is 0 Å². The van der Waals surface area contributed by atoms with E-state index in [-0.39, 0.29) is 0 Å². The van der Waals surface area contributed by atoms with Gasteiger partial charge in [-0.15, -0.1) is 0 Å². The quantitative estimate of drug-likeness (QED) is 0.894. The lowest BCUT2D eigenvalue weighted by molar-refractivity contribution is -0.132. The summed E-state index contributed by atoms with van der Waals surface area (Å²) in [5.74, 6) is 0.836. The van der Waals surface area contributed by atoms with E-state index in [2.05, 4.69) is 44.0 Å². The summed E-state index contributed by atoms with van der Waals surface area (Å²) in [4.78, 5) is 17.9. The average molecular weight is 298 g/mol. The molecule has 0 fully saturated rings. The van der Waals surface area contributed by atoms with Gasteiger partial charge in [0.1, 0.15) is 0 Å². The van der Waals surface area contributed by atoms with E-state index >= 15 is 0 Å². The zero-order valence-corrected chi connectivity index (χ0v) is 13.9. The molecule has 3 rings (SSSR count). The second-order valence-corrected chi connectivity index (χ2v) is 6.71. The lowest BCUT2D eigenvalue weighted by atomic mass is 9.98. The van der Waals surface area contributed by atoms with E-state index in [0.29, 0.717) is 18.2 Å². The van der Waals surface area contributed by atoms with Crippen LogP contribution >= 0.6 is 0 Å². The number of benzene rings is 1. The molecule has 0 radical (unpaired) electrons. The molecule has 1 N–H and O–H groups in total. The van der Waals surface area contributed by atoms with Crippen LogP contribution in [0.5, 0.6) is 0 Å².